The second kappa shape index (κ2) is 5.82. The highest BCUT2D eigenvalue weighted by Gasteiger charge is 2.28. The van der Waals surface area contributed by atoms with Crippen molar-refractivity contribution >= 4 is 11.9 Å². The molecular formula is C12H19NO4. The third-order valence-corrected chi connectivity index (χ3v) is 3.43. The minimum Gasteiger partial charge on any atom is -0.478 e. The maximum absolute atomic E-state index is 11.8. The van der Waals surface area contributed by atoms with Gasteiger partial charge in [-0.15, -0.1) is 0 Å². The Kier molecular flexibility index (Phi) is 4.69. The third-order valence-electron chi connectivity index (χ3n) is 3.43. The van der Waals surface area contributed by atoms with Gasteiger partial charge in [0.05, 0.1) is 0 Å². The molecule has 1 saturated carbocycles. The molecular weight excluding hydrogens is 222 g/mol. The van der Waals surface area contributed by atoms with Crippen LogP contribution >= 0.6 is 0 Å². The van der Waals surface area contributed by atoms with Crippen LogP contribution in [0.3, 0.4) is 0 Å². The van der Waals surface area contributed by atoms with Gasteiger partial charge in [0, 0.05) is 29.7 Å². The van der Waals surface area contributed by atoms with Crippen LogP contribution in [0.2, 0.25) is 0 Å². The molecule has 17 heavy (non-hydrogen) atoms. The molecule has 96 valence electrons. The topological polar surface area (TPSA) is 86.6 Å². The summed E-state index contributed by atoms with van der Waals surface area (Å²) in [5.74, 6) is -1.34. The highest BCUT2D eigenvalue weighted by atomic mass is 16.4. The van der Waals surface area contributed by atoms with Gasteiger partial charge in [-0.05, 0) is 26.7 Å². The molecule has 0 spiro atoms. The van der Waals surface area contributed by atoms with E-state index in [4.69, 9.17) is 10.2 Å². The lowest BCUT2D eigenvalue weighted by molar-refractivity contribution is -0.133. The van der Waals surface area contributed by atoms with Gasteiger partial charge in [0.1, 0.15) is 0 Å². The van der Waals surface area contributed by atoms with Crippen LogP contribution in [0, 0.1) is 5.92 Å². The Bertz CT molecular complexity index is 348. The van der Waals surface area contributed by atoms with Gasteiger partial charge in [0.15, 0.2) is 0 Å². The van der Waals surface area contributed by atoms with E-state index in [1.807, 2.05) is 0 Å². The first-order chi connectivity index (χ1) is 7.97. The fourth-order valence-electron chi connectivity index (χ4n) is 2.05. The molecule has 0 aromatic carbocycles. The van der Waals surface area contributed by atoms with E-state index in [0.717, 1.165) is 19.3 Å². The number of nitrogens with one attached hydrogen (secondary N) is 1. The standard InChI is InChI=1S/C12H19NO4/c1-7(8(2)12(16)17)11(15)13-10-5-3-4-9(10)6-14/h9-10,14H,3-6H2,1-2H3,(H,13,15)(H,16,17). The molecule has 1 amide bonds. The van der Waals surface area contributed by atoms with Crippen molar-refractivity contribution in [2.24, 2.45) is 5.92 Å². The molecule has 5 nitrogen and oxygen atoms in total. The summed E-state index contributed by atoms with van der Waals surface area (Å²) in [6.07, 6.45) is 2.73. The van der Waals surface area contributed by atoms with Crippen LogP contribution < -0.4 is 5.32 Å². The van der Waals surface area contributed by atoms with Crippen molar-refractivity contribution in [3.63, 3.8) is 0 Å². The first-order valence-corrected chi connectivity index (χ1v) is 5.79. The van der Waals surface area contributed by atoms with E-state index in [2.05, 4.69) is 5.32 Å². The predicted molar refractivity (Wildman–Crippen MR) is 62.4 cm³/mol. The Balaban J connectivity index is 2.66. The van der Waals surface area contributed by atoms with Crippen molar-refractivity contribution in [3.8, 4) is 0 Å². The zero-order valence-electron chi connectivity index (χ0n) is 10.2. The summed E-state index contributed by atoms with van der Waals surface area (Å²) in [6.45, 7) is 2.97. The lowest BCUT2D eigenvalue weighted by Gasteiger charge is -2.19. The molecule has 0 aromatic rings. The summed E-state index contributed by atoms with van der Waals surface area (Å²) >= 11 is 0. The van der Waals surface area contributed by atoms with Gasteiger partial charge in [-0.3, -0.25) is 4.79 Å². The zero-order valence-corrected chi connectivity index (χ0v) is 10.2. The quantitative estimate of drug-likeness (QED) is 0.632. The number of hydrogen-bond donors (Lipinski definition) is 3. The van der Waals surface area contributed by atoms with Crippen LogP contribution in [0.1, 0.15) is 33.1 Å². The van der Waals surface area contributed by atoms with Gasteiger partial charge >= 0.3 is 5.97 Å². The number of aliphatic hydroxyl groups excluding tert-OH is 1. The van der Waals surface area contributed by atoms with Crippen molar-refractivity contribution in [1.82, 2.24) is 5.32 Å². The summed E-state index contributed by atoms with van der Waals surface area (Å²) in [4.78, 5) is 22.5. The molecule has 0 radical (unpaired) electrons. The molecule has 1 rings (SSSR count). The summed E-state index contributed by atoms with van der Waals surface area (Å²) in [5, 5.41) is 20.7. The lowest BCUT2D eigenvalue weighted by Crippen LogP contribution is -2.39. The largest absolute Gasteiger partial charge is 0.478 e. The Morgan fingerprint density at radius 2 is 1.88 bits per heavy atom. The number of aliphatic hydroxyl groups is 1. The summed E-state index contributed by atoms with van der Waals surface area (Å²) < 4.78 is 0. The fraction of sp³-hybridized carbons (Fsp3) is 0.667. The molecule has 0 aromatic heterocycles. The SMILES string of the molecule is CC(C(=O)O)=C(C)C(=O)NC1CCCC1CO. The number of aliphatic carboxylic acids is 1. The van der Waals surface area contributed by atoms with Crippen LogP contribution in [-0.2, 0) is 9.59 Å². The minimum absolute atomic E-state index is 0.0379. The summed E-state index contributed by atoms with van der Waals surface area (Å²) in [7, 11) is 0. The van der Waals surface area contributed by atoms with E-state index in [1.165, 1.54) is 13.8 Å². The molecule has 1 fully saturated rings. The second-order valence-electron chi connectivity index (χ2n) is 4.51. The first-order valence-electron chi connectivity index (χ1n) is 5.79. The lowest BCUT2D eigenvalue weighted by atomic mass is 10.0. The average Bonchev–Trinajstić information content (AvgIpc) is 2.73. The van der Waals surface area contributed by atoms with E-state index >= 15 is 0 Å². The zero-order chi connectivity index (χ0) is 13.0. The van der Waals surface area contributed by atoms with Crippen molar-refractivity contribution in [2.45, 2.75) is 39.2 Å². The third kappa shape index (κ3) is 3.30. The van der Waals surface area contributed by atoms with Gasteiger partial charge in [0.2, 0.25) is 5.91 Å². The molecule has 3 N–H and O–H groups in total. The first kappa shape index (κ1) is 13.7. The van der Waals surface area contributed by atoms with Gasteiger partial charge in [0.25, 0.3) is 0 Å². The van der Waals surface area contributed by atoms with E-state index in [1.54, 1.807) is 0 Å². The normalized spacial score (nSPS) is 25.4. The number of carbonyl (C=O) groups excluding carboxylic acids is 1. The van der Waals surface area contributed by atoms with Gasteiger partial charge < -0.3 is 15.5 Å². The molecule has 1 aliphatic rings. The van der Waals surface area contributed by atoms with Crippen LogP contribution in [0.15, 0.2) is 11.1 Å². The number of hydrogen-bond acceptors (Lipinski definition) is 3. The highest BCUT2D eigenvalue weighted by Crippen LogP contribution is 2.25. The Morgan fingerprint density at radius 1 is 1.24 bits per heavy atom. The van der Waals surface area contributed by atoms with Crippen LogP contribution in [-0.4, -0.2) is 34.7 Å². The Labute approximate surface area is 101 Å². The highest BCUT2D eigenvalue weighted by molar-refractivity contribution is 6.01. The molecule has 2 atom stereocenters. The smallest absolute Gasteiger partial charge is 0.331 e. The number of rotatable bonds is 4. The predicted octanol–water partition coefficient (Wildman–Crippen LogP) is 0.685. The van der Waals surface area contributed by atoms with Crippen LogP contribution in [0.25, 0.3) is 0 Å². The number of carboxylic acid groups (broad SMARTS) is 1. The number of amides is 1. The fourth-order valence-corrected chi connectivity index (χ4v) is 2.05. The van der Waals surface area contributed by atoms with Gasteiger partial charge in [-0.25, -0.2) is 4.79 Å². The monoisotopic (exact) mass is 241 g/mol. The van der Waals surface area contributed by atoms with Gasteiger partial charge in [-0.2, -0.15) is 0 Å². The second-order valence-corrected chi connectivity index (χ2v) is 4.51. The van der Waals surface area contributed by atoms with E-state index in [-0.39, 0.29) is 35.6 Å². The van der Waals surface area contributed by atoms with Crippen LogP contribution in [0.4, 0.5) is 0 Å². The maximum Gasteiger partial charge on any atom is 0.331 e. The maximum atomic E-state index is 11.8. The van der Waals surface area contributed by atoms with Crippen molar-refractivity contribution in [1.29, 1.82) is 0 Å². The molecule has 0 heterocycles. The van der Waals surface area contributed by atoms with E-state index < -0.39 is 5.97 Å². The molecule has 1 aliphatic carbocycles. The van der Waals surface area contributed by atoms with Gasteiger partial charge in [-0.1, -0.05) is 6.42 Å². The van der Waals surface area contributed by atoms with E-state index in [0.29, 0.717) is 0 Å². The van der Waals surface area contributed by atoms with Crippen molar-refractivity contribution in [2.75, 3.05) is 6.61 Å². The molecule has 0 aliphatic heterocycles. The summed E-state index contributed by atoms with van der Waals surface area (Å²) in [5.41, 5.74) is 0.280. The molecule has 2 unspecified atom stereocenters. The Hall–Kier alpha value is -1.36. The number of carboxylic acids is 1. The Morgan fingerprint density at radius 3 is 2.41 bits per heavy atom. The molecule has 0 saturated heterocycles. The van der Waals surface area contributed by atoms with Crippen molar-refractivity contribution in [3.05, 3.63) is 11.1 Å². The average molecular weight is 241 g/mol. The molecule has 0 bridgehead atoms. The molecule has 5 heteroatoms. The van der Waals surface area contributed by atoms with Crippen LogP contribution in [0.5, 0.6) is 0 Å². The minimum atomic E-state index is -1.08. The number of carbonyl (C=O) groups is 2. The van der Waals surface area contributed by atoms with E-state index in [9.17, 15) is 9.59 Å². The van der Waals surface area contributed by atoms with Crippen molar-refractivity contribution < 1.29 is 19.8 Å². The summed E-state index contributed by atoms with van der Waals surface area (Å²) in [6, 6.07) is -0.0379.